The van der Waals surface area contributed by atoms with Gasteiger partial charge in [0.2, 0.25) is 0 Å². The van der Waals surface area contributed by atoms with Gasteiger partial charge < -0.3 is 25.1 Å². The van der Waals surface area contributed by atoms with Gasteiger partial charge in [0, 0.05) is 32.2 Å². The quantitative estimate of drug-likeness (QED) is 0.668. The predicted molar refractivity (Wildman–Crippen MR) is 70.2 cm³/mol. The lowest BCUT2D eigenvalue weighted by molar-refractivity contribution is -0.141. The molecular weight excluding hydrogens is 264 g/mol. The molecule has 7 heteroatoms. The van der Waals surface area contributed by atoms with E-state index in [-0.39, 0.29) is 31.6 Å². The van der Waals surface area contributed by atoms with Crippen molar-refractivity contribution in [3.63, 3.8) is 0 Å². The Kier molecular flexibility index (Phi) is 4.82. The molecule has 114 valence electrons. The first kappa shape index (κ1) is 15.1. The van der Waals surface area contributed by atoms with E-state index < -0.39 is 18.1 Å². The van der Waals surface area contributed by atoms with Crippen molar-refractivity contribution in [1.82, 2.24) is 9.80 Å². The van der Waals surface area contributed by atoms with Crippen LogP contribution in [-0.4, -0.2) is 75.0 Å². The third-order valence-electron chi connectivity index (χ3n) is 4.13. The van der Waals surface area contributed by atoms with E-state index in [1.54, 1.807) is 4.90 Å². The zero-order chi connectivity index (χ0) is 14.7. The van der Waals surface area contributed by atoms with E-state index in [1.807, 2.05) is 0 Å². The summed E-state index contributed by atoms with van der Waals surface area (Å²) in [5.41, 5.74) is 0. The first-order valence-electron chi connectivity index (χ1n) is 7.13. The summed E-state index contributed by atoms with van der Waals surface area (Å²) in [6, 6.07) is -1.16. The van der Waals surface area contributed by atoms with E-state index in [9.17, 15) is 14.7 Å². The first-order valence-corrected chi connectivity index (χ1v) is 7.13. The molecule has 20 heavy (non-hydrogen) atoms. The highest BCUT2D eigenvalue weighted by atomic mass is 16.4. The number of rotatable bonds is 4. The van der Waals surface area contributed by atoms with E-state index in [1.165, 1.54) is 4.90 Å². The number of carboxylic acid groups (broad SMARTS) is 1. The molecule has 0 saturated carbocycles. The van der Waals surface area contributed by atoms with Gasteiger partial charge in [-0.15, -0.1) is 0 Å². The highest BCUT2D eigenvalue weighted by molar-refractivity contribution is 5.83. The van der Waals surface area contributed by atoms with Crippen LogP contribution in [0.5, 0.6) is 0 Å². The van der Waals surface area contributed by atoms with Crippen molar-refractivity contribution in [2.45, 2.75) is 50.3 Å². The van der Waals surface area contributed by atoms with Crippen LogP contribution in [0.25, 0.3) is 0 Å². The molecule has 0 aromatic heterocycles. The molecule has 2 aliphatic heterocycles. The number of aliphatic hydroxyl groups is 2. The maximum atomic E-state index is 12.5. The molecule has 2 fully saturated rings. The Morgan fingerprint density at radius 1 is 1.25 bits per heavy atom. The SMILES string of the molecule is O=C(O)[C@@H]1C[C@@H](O)CN1C(=O)N1CCCC1CCCO. The number of nitrogens with zero attached hydrogens (tertiary/aromatic N) is 2. The molecule has 1 unspecified atom stereocenters. The monoisotopic (exact) mass is 286 g/mol. The van der Waals surface area contributed by atoms with Crippen LogP contribution in [-0.2, 0) is 4.79 Å². The van der Waals surface area contributed by atoms with Crippen molar-refractivity contribution < 1.29 is 24.9 Å². The molecule has 2 rings (SSSR count). The van der Waals surface area contributed by atoms with E-state index in [2.05, 4.69) is 0 Å². The minimum absolute atomic E-state index is 0.0711. The molecule has 3 atom stereocenters. The summed E-state index contributed by atoms with van der Waals surface area (Å²) in [5, 5.41) is 27.6. The normalized spacial score (nSPS) is 30.0. The Labute approximate surface area is 117 Å². The van der Waals surface area contributed by atoms with Crippen LogP contribution < -0.4 is 0 Å². The van der Waals surface area contributed by atoms with E-state index in [0.29, 0.717) is 13.0 Å². The smallest absolute Gasteiger partial charge is 0.326 e. The van der Waals surface area contributed by atoms with Crippen LogP contribution in [0.15, 0.2) is 0 Å². The van der Waals surface area contributed by atoms with Crippen molar-refractivity contribution >= 4 is 12.0 Å². The number of aliphatic hydroxyl groups excluding tert-OH is 2. The van der Waals surface area contributed by atoms with Gasteiger partial charge in [-0.3, -0.25) is 0 Å². The number of aliphatic carboxylic acids is 1. The summed E-state index contributed by atoms with van der Waals surface area (Å²) >= 11 is 0. The molecule has 0 aliphatic carbocycles. The highest BCUT2D eigenvalue weighted by Crippen LogP contribution is 2.26. The minimum Gasteiger partial charge on any atom is -0.480 e. The summed E-state index contributed by atoms with van der Waals surface area (Å²) in [6.07, 6.45) is 2.49. The lowest BCUT2D eigenvalue weighted by atomic mass is 10.1. The van der Waals surface area contributed by atoms with Crippen LogP contribution >= 0.6 is 0 Å². The number of urea groups is 1. The second kappa shape index (κ2) is 6.41. The second-order valence-corrected chi connectivity index (χ2v) is 5.53. The van der Waals surface area contributed by atoms with Gasteiger partial charge in [0.15, 0.2) is 0 Å². The van der Waals surface area contributed by atoms with Gasteiger partial charge in [0.05, 0.1) is 6.10 Å². The topological polar surface area (TPSA) is 101 Å². The Bertz CT molecular complexity index is 376. The lowest BCUT2D eigenvalue weighted by Crippen LogP contribution is -2.49. The van der Waals surface area contributed by atoms with E-state index in [0.717, 1.165) is 19.3 Å². The molecule has 3 N–H and O–H groups in total. The van der Waals surface area contributed by atoms with Crippen molar-refractivity contribution in [2.24, 2.45) is 0 Å². The minimum atomic E-state index is -1.07. The highest BCUT2D eigenvalue weighted by Gasteiger charge is 2.42. The van der Waals surface area contributed by atoms with Gasteiger partial charge >= 0.3 is 12.0 Å². The number of carbonyl (C=O) groups is 2. The van der Waals surface area contributed by atoms with Crippen molar-refractivity contribution in [2.75, 3.05) is 19.7 Å². The van der Waals surface area contributed by atoms with Gasteiger partial charge in [-0.25, -0.2) is 9.59 Å². The molecule has 2 aliphatic rings. The van der Waals surface area contributed by atoms with Crippen LogP contribution in [0.2, 0.25) is 0 Å². The number of likely N-dealkylation sites (tertiary alicyclic amines) is 2. The van der Waals surface area contributed by atoms with Gasteiger partial charge in [0.1, 0.15) is 6.04 Å². The summed E-state index contributed by atoms with van der Waals surface area (Å²) < 4.78 is 0. The molecule has 0 radical (unpaired) electrons. The second-order valence-electron chi connectivity index (χ2n) is 5.53. The molecule has 0 bridgehead atoms. The van der Waals surface area contributed by atoms with Crippen LogP contribution in [0.1, 0.15) is 32.1 Å². The number of amides is 2. The Morgan fingerprint density at radius 2 is 2.00 bits per heavy atom. The molecule has 0 aromatic carbocycles. The summed E-state index contributed by atoms with van der Waals surface area (Å²) in [5.74, 6) is -1.07. The Balaban J connectivity index is 2.03. The maximum absolute atomic E-state index is 12.5. The van der Waals surface area contributed by atoms with Crippen LogP contribution in [0.4, 0.5) is 4.79 Å². The fourth-order valence-corrected chi connectivity index (χ4v) is 3.14. The standard InChI is InChI=1S/C13H22N2O5/c16-6-2-4-9-3-1-5-14(9)13(20)15-8-10(17)7-11(15)12(18)19/h9-11,16-17H,1-8H2,(H,18,19)/t9?,10-,11+/m1/s1. The van der Waals surface area contributed by atoms with E-state index >= 15 is 0 Å². The number of carboxylic acids is 1. The molecule has 2 saturated heterocycles. The fraction of sp³-hybridized carbons (Fsp3) is 0.846. The van der Waals surface area contributed by atoms with Gasteiger partial charge in [-0.1, -0.05) is 0 Å². The van der Waals surface area contributed by atoms with Crippen LogP contribution in [0, 0.1) is 0 Å². The van der Waals surface area contributed by atoms with Gasteiger partial charge in [0.25, 0.3) is 0 Å². The van der Waals surface area contributed by atoms with Crippen molar-refractivity contribution in [1.29, 1.82) is 0 Å². The predicted octanol–water partition coefficient (Wildman–Crippen LogP) is -0.137. The van der Waals surface area contributed by atoms with Crippen molar-refractivity contribution in [3.05, 3.63) is 0 Å². The number of carbonyl (C=O) groups excluding carboxylic acids is 1. The molecule has 2 amide bonds. The lowest BCUT2D eigenvalue weighted by Gasteiger charge is -2.31. The average Bonchev–Trinajstić information content (AvgIpc) is 3.01. The largest absolute Gasteiger partial charge is 0.480 e. The molecule has 2 heterocycles. The molecular formula is C13H22N2O5. The zero-order valence-corrected chi connectivity index (χ0v) is 11.4. The third-order valence-corrected chi connectivity index (χ3v) is 4.13. The van der Waals surface area contributed by atoms with Crippen molar-refractivity contribution in [3.8, 4) is 0 Å². The van der Waals surface area contributed by atoms with Gasteiger partial charge in [-0.05, 0) is 25.7 Å². The summed E-state index contributed by atoms with van der Waals surface area (Å²) in [7, 11) is 0. The Morgan fingerprint density at radius 3 is 2.65 bits per heavy atom. The zero-order valence-electron chi connectivity index (χ0n) is 11.4. The molecule has 7 nitrogen and oxygen atoms in total. The third kappa shape index (κ3) is 3.04. The average molecular weight is 286 g/mol. The number of hydrogen-bond donors (Lipinski definition) is 3. The van der Waals surface area contributed by atoms with Crippen LogP contribution in [0.3, 0.4) is 0 Å². The van der Waals surface area contributed by atoms with Gasteiger partial charge in [-0.2, -0.15) is 0 Å². The number of hydrogen-bond acceptors (Lipinski definition) is 4. The Hall–Kier alpha value is -1.34. The maximum Gasteiger partial charge on any atom is 0.326 e. The first-order chi connectivity index (χ1) is 9.54. The summed E-state index contributed by atoms with van der Waals surface area (Å²) in [4.78, 5) is 26.6. The molecule has 0 aromatic rings. The fourth-order valence-electron chi connectivity index (χ4n) is 3.14. The molecule has 0 spiro atoms. The van der Waals surface area contributed by atoms with E-state index in [4.69, 9.17) is 10.2 Å². The summed E-state index contributed by atoms with van der Waals surface area (Å²) in [6.45, 7) is 0.797. The number of β-amino-alcohol motifs (C(OH)–C–C–N with tert-alkyl or cyclic N) is 1.